The maximum Gasteiger partial charge on any atom is 0.247 e. The lowest BCUT2D eigenvalue weighted by Crippen LogP contribution is -2.40. The van der Waals surface area contributed by atoms with Crippen molar-refractivity contribution in [3.8, 4) is 0 Å². The zero-order valence-corrected chi connectivity index (χ0v) is 15.5. The molecule has 1 saturated carbocycles. The third kappa shape index (κ3) is 5.74. The van der Waals surface area contributed by atoms with Crippen LogP contribution < -0.4 is 10.4 Å². The van der Waals surface area contributed by atoms with Gasteiger partial charge in [-0.1, -0.05) is 18.2 Å². The lowest BCUT2D eigenvalue weighted by atomic mass is 10.1. The highest BCUT2D eigenvalue weighted by Crippen LogP contribution is 2.31. The van der Waals surface area contributed by atoms with Gasteiger partial charge in [0.05, 0.1) is 12.3 Å². The summed E-state index contributed by atoms with van der Waals surface area (Å²) in [5.74, 6) is 0.180. The van der Waals surface area contributed by atoms with Crippen LogP contribution in [0.1, 0.15) is 19.8 Å². The van der Waals surface area contributed by atoms with Crippen LogP contribution in [-0.4, -0.2) is 56.0 Å². The fraction of sp³-hybridized carbons (Fsp3) is 0.611. The molecule has 1 N–H and O–H groups in total. The number of anilines is 1. The van der Waals surface area contributed by atoms with Crippen LogP contribution in [0, 0.1) is 5.92 Å². The number of rotatable bonds is 8. The van der Waals surface area contributed by atoms with Gasteiger partial charge in [-0.15, -0.1) is 11.6 Å². The number of likely N-dealkylation sites (N-methyl/N-ethyl adjacent to an activating group) is 1. The zero-order valence-electron chi connectivity index (χ0n) is 14.7. The SMILES string of the molecule is CC(=O)N(OCC1CC(Cl)CC1NCCN(C)C)c1ccccc1. The van der Waals surface area contributed by atoms with Crippen molar-refractivity contribution in [2.75, 3.05) is 38.9 Å². The van der Waals surface area contributed by atoms with Gasteiger partial charge < -0.3 is 10.2 Å². The fourth-order valence-corrected chi connectivity index (χ4v) is 3.47. The Balaban J connectivity index is 1.91. The van der Waals surface area contributed by atoms with E-state index in [2.05, 4.69) is 24.3 Å². The number of halogens is 1. The van der Waals surface area contributed by atoms with Gasteiger partial charge in [0, 0.05) is 37.4 Å². The number of nitrogens with one attached hydrogen (secondary N) is 1. The molecule has 6 heteroatoms. The Kier molecular flexibility index (Phi) is 7.49. The van der Waals surface area contributed by atoms with E-state index in [1.54, 1.807) is 0 Å². The second kappa shape index (κ2) is 9.37. The summed E-state index contributed by atoms with van der Waals surface area (Å²) in [6, 6.07) is 9.77. The number of hydrogen-bond donors (Lipinski definition) is 1. The molecule has 0 aromatic heterocycles. The summed E-state index contributed by atoms with van der Waals surface area (Å²) in [6.07, 6.45) is 1.84. The van der Waals surface area contributed by atoms with Gasteiger partial charge in [-0.3, -0.25) is 9.63 Å². The van der Waals surface area contributed by atoms with E-state index >= 15 is 0 Å². The molecule has 0 bridgehead atoms. The van der Waals surface area contributed by atoms with Crippen molar-refractivity contribution >= 4 is 23.2 Å². The largest absolute Gasteiger partial charge is 0.312 e. The number of alkyl halides is 1. The highest BCUT2D eigenvalue weighted by Gasteiger charge is 2.33. The van der Waals surface area contributed by atoms with Gasteiger partial charge in [0.1, 0.15) is 0 Å². The minimum Gasteiger partial charge on any atom is -0.312 e. The standard InChI is InChI=1S/C18H28ClN3O2/c1-14(23)22(17-7-5-4-6-8-17)24-13-15-11-16(19)12-18(15)20-9-10-21(2)3/h4-8,15-16,18,20H,9-13H2,1-3H3. The topological polar surface area (TPSA) is 44.8 Å². The number of para-hydroxylation sites is 1. The van der Waals surface area contributed by atoms with Crippen LogP contribution in [0.2, 0.25) is 0 Å². The number of carbonyl (C=O) groups excluding carboxylic acids is 1. The number of amides is 1. The van der Waals surface area contributed by atoms with Crippen LogP contribution in [0.25, 0.3) is 0 Å². The van der Waals surface area contributed by atoms with Crippen LogP contribution >= 0.6 is 11.6 Å². The Hall–Kier alpha value is -1.14. The van der Waals surface area contributed by atoms with Crippen LogP contribution in [0.3, 0.4) is 0 Å². The Morgan fingerprint density at radius 3 is 2.62 bits per heavy atom. The summed E-state index contributed by atoms with van der Waals surface area (Å²) in [5, 5.41) is 5.11. The van der Waals surface area contributed by atoms with Crippen molar-refractivity contribution in [1.29, 1.82) is 0 Å². The average molecular weight is 354 g/mol. The molecule has 5 nitrogen and oxygen atoms in total. The molecule has 0 radical (unpaired) electrons. The number of benzene rings is 1. The van der Waals surface area contributed by atoms with Crippen molar-refractivity contribution in [3.05, 3.63) is 30.3 Å². The van der Waals surface area contributed by atoms with Crippen molar-refractivity contribution in [3.63, 3.8) is 0 Å². The Morgan fingerprint density at radius 2 is 2.00 bits per heavy atom. The van der Waals surface area contributed by atoms with E-state index in [1.807, 2.05) is 30.3 Å². The maximum absolute atomic E-state index is 11.9. The molecule has 2 rings (SSSR count). The number of nitrogens with zero attached hydrogens (tertiary/aromatic N) is 2. The van der Waals surface area contributed by atoms with Gasteiger partial charge in [0.25, 0.3) is 0 Å². The summed E-state index contributed by atoms with van der Waals surface area (Å²) in [5.41, 5.74) is 0.752. The lowest BCUT2D eigenvalue weighted by Gasteiger charge is -2.26. The Labute approximate surface area is 149 Å². The Morgan fingerprint density at radius 1 is 1.29 bits per heavy atom. The first-order valence-corrected chi connectivity index (χ1v) is 8.92. The molecule has 1 aromatic carbocycles. The molecular weight excluding hydrogens is 326 g/mol. The average Bonchev–Trinajstić information content (AvgIpc) is 2.88. The van der Waals surface area contributed by atoms with Crippen molar-refractivity contribution in [2.24, 2.45) is 5.92 Å². The molecule has 1 aliphatic carbocycles. The van der Waals surface area contributed by atoms with E-state index in [1.165, 1.54) is 12.0 Å². The van der Waals surface area contributed by atoms with Gasteiger partial charge in [-0.25, -0.2) is 0 Å². The van der Waals surface area contributed by atoms with E-state index in [-0.39, 0.29) is 11.3 Å². The first-order valence-electron chi connectivity index (χ1n) is 8.48. The van der Waals surface area contributed by atoms with Gasteiger partial charge in [-0.05, 0) is 39.1 Å². The molecule has 1 aliphatic rings. The van der Waals surface area contributed by atoms with Gasteiger partial charge in [-0.2, -0.15) is 5.06 Å². The molecule has 3 unspecified atom stereocenters. The molecule has 1 amide bonds. The number of hydroxylamine groups is 1. The highest BCUT2D eigenvalue weighted by atomic mass is 35.5. The molecule has 1 fully saturated rings. The number of carbonyl (C=O) groups is 1. The molecule has 0 aliphatic heterocycles. The highest BCUT2D eigenvalue weighted by molar-refractivity contribution is 6.20. The summed E-state index contributed by atoms with van der Waals surface area (Å²) >= 11 is 6.35. The van der Waals surface area contributed by atoms with Crippen molar-refractivity contribution in [2.45, 2.75) is 31.2 Å². The van der Waals surface area contributed by atoms with E-state index in [9.17, 15) is 4.79 Å². The van der Waals surface area contributed by atoms with Crippen LogP contribution in [0.5, 0.6) is 0 Å². The van der Waals surface area contributed by atoms with Crippen molar-refractivity contribution < 1.29 is 9.63 Å². The molecule has 1 aromatic rings. The normalized spacial score (nSPS) is 23.6. The molecule has 134 valence electrons. The van der Waals surface area contributed by atoms with Gasteiger partial charge >= 0.3 is 0 Å². The first kappa shape index (κ1) is 19.2. The maximum atomic E-state index is 11.9. The summed E-state index contributed by atoms with van der Waals surface area (Å²) in [4.78, 5) is 19.9. The van der Waals surface area contributed by atoms with Gasteiger partial charge in [0.2, 0.25) is 5.91 Å². The van der Waals surface area contributed by atoms with E-state index in [0.717, 1.165) is 31.6 Å². The third-order valence-corrected chi connectivity index (χ3v) is 4.65. The zero-order chi connectivity index (χ0) is 17.5. The quantitative estimate of drug-likeness (QED) is 0.576. The minimum atomic E-state index is -0.126. The van der Waals surface area contributed by atoms with E-state index in [4.69, 9.17) is 16.4 Å². The summed E-state index contributed by atoms with van der Waals surface area (Å²) < 4.78 is 0. The second-order valence-corrected chi connectivity index (χ2v) is 7.25. The van der Waals surface area contributed by atoms with Crippen LogP contribution in [0.15, 0.2) is 30.3 Å². The molecule has 3 atom stereocenters. The van der Waals surface area contributed by atoms with E-state index in [0.29, 0.717) is 18.6 Å². The third-order valence-electron chi connectivity index (χ3n) is 4.30. The minimum absolute atomic E-state index is 0.126. The summed E-state index contributed by atoms with van der Waals surface area (Å²) in [6.45, 7) is 3.91. The first-order chi connectivity index (χ1) is 11.5. The van der Waals surface area contributed by atoms with E-state index < -0.39 is 0 Å². The predicted molar refractivity (Wildman–Crippen MR) is 98.3 cm³/mol. The molecule has 0 spiro atoms. The second-order valence-electron chi connectivity index (χ2n) is 6.64. The van der Waals surface area contributed by atoms with Gasteiger partial charge in [0.15, 0.2) is 0 Å². The number of hydrogen-bond acceptors (Lipinski definition) is 4. The monoisotopic (exact) mass is 353 g/mol. The molecule has 0 saturated heterocycles. The smallest absolute Gasteiger partial charge is 0.247 e. The summed E-state index contributed by atoms with van der Waals surface area (Å²) in [7, 11) is 4.12. The molecule has 24 heavy (non-hydrogen) atoms. The van der Waals surface area contributed by atoms with Crippen LogP contribution in [-0.2, 0) is 9.63 Å². The lowest BCUT2D eigenvalue weighted by molar-refractivity contribution is -0.124. The molecule has 0 heterocycles. The Bertz CT molecular complexity index is 512. The predicted octanol–water partition coefficient (Wildman–Crippen LogP) is 2.51. The van der Waals surface area contributed by atoms with Crippen LogP contribution in [0.4, 0.5) is 5.69 Å². The van der Waals surface area contributed by atoms with Crippen molar-refractivity contribution in [1.82, 2.24) is 10.2 Å². The molecular formula is C18H28ClN3O2. The fourth-order valence-electron chi connectivity index (χ4n) is 3.05.